The predicted molar refractivity (Wildman–Crippen MR) is 158 cm³/mol. The van der Waals surface area contributed by atoms with Crippen LogP contribution < -0.4 is 4.72 Å². The van der Waals surface area contributed by atoms with Crippen molar-refractivity contribution in [2.24, 2.45) is 11.8 Å². The number of nitrogens with one attached hydrogen (secondary N) is 1. The summed E-state index contributed by atoms with van der Waals surface area (Å²) < 4.78 is 39.3. The molecular formula is C30H45N3O7S. The molecule has 0 saturated carbocycles. The Morgan fingerprint density at radius 1 is 1.17 bits per heavy atom. The van der Waals surface area contributed by atoms with E-state index in [1.807, 2.05) is 40.0 Å². The van der Waals surface area contributed by atoms with Crippen LogP contribution in [0.1, 0.15) is 52.5 Å². The van der Waals surface area contributed by atoms with Crippen molar-refractivity contribution in [2.75, 3.05) is 39.8 Å². The van der Waals surface area contributed by atoms with Gasteiger partial charge in [0.2, 0.25) is 10.0 Å². The first-order valence-electron chi connectivity index (χ1n) is 14.4. The molecule has 0 unspecified atom stereocenters. The second kappa shape index (κ2) is 14.9. The lowest BCUT2D eigenvalue weighted by molar-refractivity contribution is -0.151. The summed E-state index contributed by atoms with van der Waals surface area (Å²) in [5.41, 5.74) is 1.35. The van der Waals surface area contributed by atoms with Gasteiger partial charge in [-0.1, -0.05) is 45.1 Å². The van der Waals surface area contributed by atoms with Gasteiger partial charge in [-0.2, -0.15) is 0 Å². The molecule has 5 atom stereocenters. The highest BCUT2D eigenvalue weighted by Crippen LogP contribution is 2.26. The Morgan fingerprint density at radius 2 is 1.88 bits per heavy atom. The molecule has 1 aromatic rings. The first kappa shape index (κ1) is 32.8. The van der Waals surface area contributed by atoms with E-state index in [-0.39, 0.29) is 35.8 Å². The van der Waals surface area contributed by atoms with Crippen LogP contribution in [0, 0.1) is 11.8 Å². The second-order valence-electron chi connectivity index (χ2n) is 11.2. The van der Waals surface area contributed by atoms with Crippen molar-refractivity contribution in [1.82, 2.24) is 14.5 Å². The van der Waals surface area contributed by atoms with Gasteiger partial charge in [0, 0.05) is 38.6 Å². The van der Waals surface area contributed by atoms with E-state index in [0.29, 0.717) is 37.1 Å². The van der Waals surface area contributed by atoms with Gasteiger partial charge in [-0.3, -0.25) is 4.79 Å². The minimum atomic E-state index is -3.63. The molecule has 0 spiro atoms. The van der Waals surface area contributed by atoms with Gasteiger partial charge in [-0.15, -0.1) is 0 Å². The molecule has 2 N–H and O–H groups in total. The van der Waals surface area contributed by atoms with Crippen LogP contribution in [-0.2, 0) is 24.3 Å². The van der Waals surface area contributed by atoms with E-state index < -0.39 is 34.3 Å². The number of esters is 1. The Morgan fingerprint density at radius 3 is 2.56 bits per heavy atom. The van der Waals surface area contributed by atoms with Crippen LogP contribution in [0.25, 0.3) is 6.08 Å². The summed E-state index contributed by atoms with van der Waals surface area (Å²) in [7, 11) is -1.61. The molecule has 1 aromatic carbocycles. The highest BCUT2D eigenvalue weighted by molar-refractivity contribution is 7.89. The fourth-order valence-electron chi connectivity index (χ4n) is 5.02. The van der Waals surface area contributed by atoms with Crippen molar-refractivity contribution in [3.05, 3.63) is 47.6 Å². The standard InChI is InChI=1S/C30H45N3O7S/c1-6-31-41(37,38)26-9-7-8-24(19-26)18-23(4)29-22(3)11-13-27(21(2)10-12-25(34)20-28(35)40-29)39-30(36)33-16-14-32(5)15-17-33/h7-9,11,13,18-19,21-22,25,27,29,31,34H,6,10,12,14-17,20H2,1-5H3/b13-11-,23-18+/t21-,22-,25+,27-,29-/m0/s1. The Bertz CT molecular complexity index is 1210. The van der Waals surface area contributed by atoms with Crippen LogP contribution in [0.15, 0.2) is 46.9 Å². The number of aliphatic hydroxyl groups excluding tert-OH is 1. The zero-order valence-corrected chi connectivity index (χ0v) is 25.6. The molecule has 0 radical (unpaired) electrons. The van der Waals surface area contributed by atoms with Gasteiger partial charge in [-0.05, 0) is 62.1 Å². The molecule has 3 rings (SSSR count). The smallest absolute Gasteiger partial charge is 0.410 e. The third kappa shape index (κ3) is 9.66. The second-order valence-corrected chi connectivity index (χ2v) is 12.9. The van der Waals surface area contributed by atoms with E-state index in [0.717, 1.165) is 13.1 Å². The number of hydrogen-bond donors (Lipinski definition) is 2. The fourth-order valence-corrected chi connectivity index (χ4v) is 6.11. The van der Waals surface area contributed by atoms with Gasteiger partial charge in [0.15, 0.2) is 0 Å². The van der Waals surface area contributed by atoms with Gasteiger partial charge >= 0.3 is 12.1 Å². The average molecular weight is 592 g/mol. The van der Waals surface area contributed by atoms with Crippen LogP contribution in [0.3, 0.4) is 0 Å². The molecule has 0 bridgehead atoms. The maximum Gasteiger partial charge on any atom is 0.410 e. The Balaban J connectivity index is 1.86. The largest absolute Gasteiger partial charge is 0.457 e. The van der Waals surface area contributed by atoms with Gasteiger partial charge in [0.25, 0.3) is 0 Å². The summed E-state index contributed by atoms with van der Waals surface area (Å²) in [5, 5.41) is 10.5. The van der Waals surface area contributed by atoms with E-state index in [1.165, 1.54) is 6.07 Å². The number of cyclic esters (lactones) is 1. The fraction of sp³-hybridized carbons (Fsp3) is 0.600. The van der Waals surface area contributed by atoms with E-state index in [9.17, 15) is 23.1 Å². The number of benzene rings is 1. The average Bonchev–Trinajstić information content (AvgIpc) is 2.92. The van der Waals surface area contributed by atoms with Crippen molar-refractivity contribution < 1.29 is 32.6 Å². The number of piperazine rings is 1. The molecule has 2 heterocycles. The van der Waals surface area contributed by atoms with Crippen molar-refractivity contribution in [2.45, 2.75) is 70.2 Å². The lowest BCUT2D eigenvalue weighted by atomic mass is 9.91. The van der Waals surface area contributed by atoms with Crippen LogP contribution in [0.4, 0.5) is 4.79 Å². The highest BCUT2D eigenvalue weighted by atomic mass is 32.2. The Labute approximate surface area is 244 Å². The molecule has 2 aliphatic rings. The van der Waals surface area contributed by atoms with Crippen molar-refractivity contribution in [1.29, 1.82) is 0 Å². The van der Waals surface area contributed by atoms with Crippen LogP contribution >= 0.6 is 0 Å². The maximum absolute atomic E-state index is 13.0. The summed E-state index contributed by atoms with van der Waals surface area (Å²) in [5.74, 6) is -0.876. The summed E-state index contributed by atoms with van der Waals surface area (Å²) in [6.07, 6.45) is 3.93. The van der Waals surface area contributed by atoms with Gasteiger partial charge in [0.1, 0.15) is 12.2 Å². The number of ether oxygens (including phenoxy) is 2. The minimum absolute atomic E-state index is 0.0727. The molecule has 11 heteroatoms. The van der Waals surface area contributed by atoms with Crippen molar-refractivity contribution in [3.63, 3.8) is 0 Å². The number of sulfonamides is 1. The molecule has 1 fully saturated rings. The first-order chi connectivity index (χ1) is 19.4. The quantitative estimate of drug-likeness (QED) is 0.381. The molecule has 2 aliphatic heterocycles. The number of aliphatic hydroxyl groups is 1. The van der Waals surface area contributed by atoms with Crippen molar-refractivity contribution >= 4 is 28.2 Å². The normalized spacial score (nSPS) is 28.2. The van der Waals surface area contributed by atoms with Gasteiger partial charge in [-0.25, -0.2) is 17.9 Å². The number of hydrogen-bond acceptors (Lipinski definition) is 8. The molecule has 0 aromatic heterocycles. The summed E-state index contributed by atoms with van der Waals surface area (Å²) in [6.45, 7) is 10.5. The monoisotopic (exact) mass is 591 g/mol. The van der Waals surface area contributed by atoms with E-state index in [4.69, 9.17) is 9.47 Å². The molecular weight excluding hydrogens is 546 g/mol. The third-order valence-corrected chi connectivity index (χ3v) is 9.15. The van der Waals surface area contributed by atoms with Gasteiger partial charge < -0.3 is 24.4 Å². The van der Waals surface area contributed by atoms with E-state index in [1.54, 1.807) is 36.1 Å². The zero-order valence-electron chi connectivity index (χ0n) is 24.8. The van der Waals surface area contributed by atoms with Crippen LogP contribution in [-0.4, -0.2) is 93.5 Å². The number of carbonyl (C=O) groups is 2. The molecule has 1 amide bonds. The topological polar surface area (TPSA) is 125 Å². The van der Waals surface area contributed by atoms with E-state index in [2.05, 4.69) is 9.62 Å². The van der Waals surface area contributed by atoms with E-state index >= 15 is 0 Å². The number of rotatable bonds is 6. The molecule has 0 aliphatic carbocycles. The molecule has 41 heavy (non-hydrogen) atoms. The highest BCUT2D eigenvalue weighted by Gasteiger charge is 2.29. The lowest BCUT2D eigenvalue weighted by Crippen LogP contribution is -2.48. The number of amides is 1. The summed E-state index contributed by atoms with van der Waals surface area (Å²) >= 11 is 0. The van der Waals surface area contributed by atoms with Gasteiger partial charge in [0.05, 0.1) is 17.4 Å². The first-order valence-corrected chi connectivity index (χ1v) is 15.9. The van der Waals surface area contributed by atoms with Crippen LogP contribution in [0.2, 0.25) is 0 Å². The zero-order chi connectivity index (χ0) is 30.2. The minimum Gasteiger partial charge on any atom is -0.457 e. The molecule has 10 nitrogen and oxygen atoms in total. The predicted octanol–water partition coefficient (Wildman–Crippen LogP) is 3.43. The van der Waals surface area contributed by atoms with Crippen LogP contribution in [0.5, 0.6) is 0 Å². The van der Waals surface area contributed by atoms with Crippen molar-refractivity contribution in [3.8, 4) is 0 Å². The lowest BCUT2D eigenvalue weighted by Gasteiger charge is -2.33. The molecule has 228 valence electrons. The summed E-state index contributed by atoms with van der Waals surface area (Å²) in [4.78, 5) is 29.8. The Hall–Kier alpha value is -2.73. The number of nitrogens with zero attached hydrogens (tertiary/aromatic N) is 2. The maximum atomic E-state index is 13.0. The number of carbonyl (C=O) groups excluding carboxylic acids is 2. The Kier molecular flexibility index (Phi) is 12.0. The SMILES string of the molecule is CCNS(=O)(=O)c1cccc(/C=C(\C)[C@H]2OC(=O)C[C@H](O)CC[C@H](C)[C@@H](OC(=O)N3CCN(C)CC3)/C=C\[C@@H]2C)c1. The molecule has 1 saturated heterocycles. The summed E-state index contributed by atoms with van der Waals surface area (Å²) in [6, 6.07) is 6.54. The number of likely N-dealkylation sites (N-methyl/N-ethyl adjacent to an activating group) is 1. The third-order valence-electron chi connectivity index (χ3n) is 7.60.